The summed E-state index contributed by atoms with van der Waals surface area (Å²) in [5, 5.41) is 0.943. The number of fused-ring (bicyclic) bond motifs is 1. The first-order valence-corrected chi connectivity index (χ1v) is 7.49. The summed E-state index contributed by atoms with van der Waals surface area (Å²) in [6.45, 7) is 0.934. The third-order valence-corrected chi connectivity index (χ3v) is 4.57. The molecule has 1 saturated carbocycles. The summed E-state index contributed by atoms with van der Waals surface area (Å²) in [6, 6.07) is 6.87. The maximum Gasteiger partial charge on any atom is 0.308 e. The van der Waals surface area contributed by atoms with Gasteiger partial charge in [-0.3, -0.25) is 4.79 Å². The van der Waals surface area contributed by atoms with Crippen LogP contribution in [0.5, 0.6) is 0 Å². The van der Waals surface area contributed by atoms with Crippen LogP contribution in [-0.4, -0.2) is 17.6 Å². The van der Waals surface area contributed by atoms with Crippen molar-refractivity contribution in [2.24, 2.45) is 11.8 Å². The Morgan fingerprint density at radius 2 is 2.05 bits per heavy atom. The molecule has 1 heterocycles. The van der Waals surface area contributed by atoms with Crippen molar-refractivity contribution in [3.8, 4) is 0 Å². The second kappa shape index (κ2) is 5.88. The molecule has 0 aliphatic heterocycles. The van der Waals surface area contributed by atoms with Crippen molar-refractivity contribution in [2.45, 2.75) is 32.2 Å². The highest BCUT2D eigenvalue weighted by molar-refractivity contribution is 5.80. The molecule has 1 fully saturated rings. The molecule has 0 atom stereocenters. The van der Waals surface area contributed by atoms with E-state index < -0.39 is 0 Å². The quantitative estimate of drug-likeness (QED) is 0.806. The van der Waals surface area contributed by atoms with Crippen molar-refractivity contribution in [1.29, 1.82) is 0 Å². The van der Waals surface area contributed by atoms with Crippen LogP contribution in [0.2, 0.25) is 0 Å². The Bertz CT molecular complexity index is 641. The topological polar surface area (TPSA) is 31.2 Å². The van der Waals surface area contributed by atoms with Crippen molar-refractivity contribution in [3.05, 3.63) is 36.3 Å². The zero-order valence-electron chi connectivity index (χ0n) is 12.2. The van der Waals surface area contributed by atoms with Crippen LogP contribution in [0.4, 0.5) is 4.39 Å². The highest BCUT2D eigenvalue weighted by Gasteiger charge is 2.27. The van der Waals surface area contributed by atoms with Crippen molar-refractivity contribution < 1.29 is 13.9 Å². The Kier molecular flexibility index (Phi) is 3.95. The number of ether oxygens (including phenoxy) is 1. The number of benzene rings is 1. The number of hydrogen-bond donors (Lipinski definition) is 0. The van der Waals surface area contributed by atoms with Crippen molar-refractivity contribution in [3.63, 3.8) is 0 Å². The maximum absolute atomic E-state index is 13.2. The van der Waals surface area contributed by atoms with Gasteiger partial charge in [0.05, 0.1) is 13.0 Å². The number of hydrogen-bond acceptors (Lipinski definition) is 2. The van der Waals surface area contributed by atoms with Gasteiger partial charge in [-0.05, 0) is 55.9 Å². The van der Waals surface area contributed by atoms with Crippen LogP contribution in [0.3, 0.4) is 0 Å². The summed E-state index contributed by atoms with van der Waals surface area (Å²) >= 11 is 0. The third-order valence-electron chi connectivity index (χ3n) is 4.57. The summed E-state index contributed by atoms with van der Waals surface area (Å²) in [7, 11) is 1.46. The predicted molar refractivity (Wildman–Crippen MR) is 79.4 cm³/mol. The summed E-state index contributed by atoms with van der Waals surface area (Å²) in [6.07, 6.45) is 5.92. The van der Waals surface area contributed by atoms with E-state index in [1.807, 2.05) is 18.3 Å². The van der Waals surface area contributed by atoms with E-state index in [1.165, 1.54) is 13.2 Å². The maximum atomic E-state index is 13.2. The highest BCUT2D eigenvalue weighted by atomic mass is 19.1. The molecule has 1 aliphatic rings. The average molecular weight is 289 g/mol. The molecule has 0 N–H and O–H groups in total. The fourth-order valence-electron chi connectivity index (χ4n) is 3.36. The Hall–Kier alpha value is -1.84. The number of carbonyl (C=O) groups is 1. The number of halogens is 1. The fraction of sp³-hybridized carbons (Fsp3) is 0.471. The van der Waals surface area contributed by atoms with Crippen LogP contribution in [0.1, 0.15) is 25.7 Å². The minimum Gasteiger partial charge on any atom is -0.469 e. The molecule has 112 valence electrons. The molecule has 1 aromatic carbocycles. The van der Waals surface area contributed by atoms with E-state index in [9.17, 15) is 9.18 Å². The molecule has 0 amide bonds. The number of esters is 1. The lowest BCUT2D eigenvalue weighted by molar-refractivity contribution is -0.146. The van der Waals surface area contributed by atoms with E-state index >= 15 is 0 Å². The Morgan fingerprint density at radius 3 is 2.76 bits per heavy atom. The summed E-state index contributed by atoms with van der Waals surface area (Å²) < 4.78 is 20.2. The zero-order valence-corrected chi connectivity index (χ0v) is 12.2. The molecular formula is C17H20FNO2. The van der Waals surface area contributed by atoms with E-state index in [2.05, 4.69) is 4.57 Å². The first-order chi connectivity index (χ1) is 10.2. The molecule has 3 rings (SSSR count). The third kappa shape index (κ3) is 2.94. The molecule has 1 aliphatic carbocycles. The van der Waals surface area contributed by atoms with Crippen LogP contribution in [0.15, 0.2) is 30.5 Å². The van der Waals surface area contributed by atoms with E-state index in [4.69, 9.17) is 4.74 Å². The summed E-state index contributed by atoms with van der Waals surface area (Å²) in [5.41, 5.74) is 1.08. The molecule has 3 nitrogen and oxygen atoms in total. The van der Waals surface area contributed by atoms with Crippen molar-refractivity contribution in [2.75, 3.05) is 7.11 Å². The monoisotopic (exact) mass is 289 g/mol. The Labute approximate surface area is 123 Å². The van der Waals surface area contributed by atoms with Gasteiger partial charge in [-0.1, -0.05) is 0 Å². The molecule has 2 aromatic rings. The van der Waals surface area contributed by atoms with E-state index in [0.29, 0.717) is 5.92 Å². The van der Waals surface area contributed by atoms with Gasteiger partial charge in [0, 0.05) is 23.6 Å². The van der Waals surface area contributed by atoms with E-state index in [0.717, 1.165) is 43.1 Å². The molecular weight excluding hydrogens is 269 g/mol. The number of carbonyl (C=O) groups excluding carboxylic acids is 1. The van der Waals surface area contributed by atoms with Crippen molar-refractivity contribution >= 4 is 16.9 Å². The Balaban J connectivity index is 1.66. The van der Waals surface area contributed by atoms with Gasteiger partial charge in [-0.15, -0.1) is 0 Å². The van der Waals surface area contributed by atoms with Crippen LogP contribution < -0.4 is 0 Å². The number of rotatable bonds is 3. The molecule has 0 unspecified atom stereocenters. The molecule has 1 aromatic heterocycles. The Morgan fingerprint density at radius 1 is 1.29 bits per heavy atom. The van der Waals surface area contributed by atoms with Gasteiger partial charge in [-0.2, -0.15) is 0 Å². The molecule has 21 heavy (non-hydrogen) atoms. The van der Waals surface area contributed by atoms with Gasteiger partial charge in [0.1, 0.15) is 5.82 Å². The standard InChI is InChI=1S/C17H20FNO2/c1-21-17(20)13-4-2-12(3-5-13)11-19-9-8-14-10-15(18)6-7-16(14)19/h6-10,12-13H,2-5,11H2,1H3. The van der Waals surface area contributed by atoms with Gasteiger partial charge in [0.2, 0.25) is 0 Å². The van der Waals surface area contributed by atoms with Crippen molar-refractivity contribution in [1.82, 2.24) is 4.57 Å². The SMILES string of the molecule is COC(=O)C1CCC(Cn2ccc3cc(F)ccc32)CC1. The van der Waals surface area contributed by atoms with Crippen LogP contribution in [0, 0.1) is 17.7 Å². The molecule has 0 bridgehead atoms. The lowest BCUT2D eigenvalue weighted by Crippen LogP contribution is -2.24. The van der Waals surface area contributed by atoms with Crippen LogP contribution in [0.25, 0.3) is 10.9 Å². The lowest BCUT2D eigenvalue weighted by atomic mass is 9.82. The molecule has 0 spiro atoms. The van der Waals surface area contributed by atoms with Gasteiger partial charge < -0.3 is 9.30 Å². The smallest absolute Gasteiger partial charge is 0.308 e. The predicted octanol–water partition coefficient (Wildman–Crippen LogP) is 3.76. The minimum absolute atomic E-state index is 0.0711. The number of methoxy groups -OCH3 is 1. The second-order valence-electron chi connectivity index (χ2n) is 5.91. The highest BCUT2D eigenvalue weighted by Crippen LogP contribution is 2.31. The van der Waals surface area contributed by atoms with Crippen LogP contribution >= 0.6 is 0 Å². The van der Waals surface area contributed by atoms with E-state index in [-0.39, 0.29) is 17.7 Å². The van der Waals surface area contributed by atoms with Crippen LogP contribution in [-0.2, 0) is 16.1 Å². The normalized spacial score (nSPS) is 22.4. The zero-order chi connectivity index (χ0) is 14.8. The van der Waals surface area contributed by atoms with Gasteiger partial charge in [0.25, 0.3) is 0 Å². The lowest BCUT2D eigenvalue weighted by Gasteiger charge is -2.27. The second-order valence-corrected chi connectivity index (χ2v) is 5.91. The largest absolute Gasteiger partial charge is 0.469 e. The first kappa shape index (κ1) is 14.1. The molecule has 4 heteroatoms. The summed E-state index contributed by atoms with van der Waals surface area (Å²) in [4.78, 5) is 11.5. The average Bonchev–Trinajstić information content (AvgIpc) is 2.89. The van der Waals surface area contributed by atoms with Gasteiger partial charge in [0.15, 0.2) is 0 Å². The van der Waals surface area contributed by atoms with E-state index in [1.54, 1.807) is 6.07 Å². The number of nitrogens with zero attached hydrogens (tertiary/aromatic N) is 1. The minimum atomic E-state index is -0.196. The molecule has 0 saturated heterocycles. The summed E-state index contributed by atoms with van der Waals surface area (Å²) in [5.74, 6) is 0.377. The molecule has 0 radical (unpaired) electrons. The fourth-order valence-corrected chi connectivity index (χ4v) is 3.36. The first-order valence-electron chi connectivity index (χ1n) is 7.49. The van der Waals surface area contributed by atoms with Gasteiger partial charge >= 0.3 is 5.97 Å². The number of aromatic nitrogens is 1. The van der Waals surface area contributed by atoms with Gasteiger partial charge in [-0.25, -0.2) is 4.39 Å².